The standard InChI is InChI=1S/C14H12ClNO2/c1-9-12(4-3-5-13(9)15)14(17)10-6-11(18-2)8-16-7-10/h3-8H,1-2H3. The molecule has 0 fully saturated rings. The maximum Gasteiger partial charge on any atom is 0.195 e. The van der Waals surface area contributed by atoms with Crippen molar-refractivity contribution in [3.05, 3.63) is 58.4 Å². The Bertz CT molecular complexity index is 596. The smallest absolute Gasteiger partial charge is 0.195 e. The number of carbonyl (C=O) groups is 1. The topological polar surface area (TPSA) is 39.2 Å². The molecule has 0 unspecified atom stereocenters. The van der Waals surface area contributed by atoms with E-state index >= 15 is 0 Å². The van der Waals surface area contributed by atoms with Crippen LogP contribution in [0.4, 0.5) is 0 Å². The number of hydrogen-bond donors (Lipinski definition) is 0. The molecule has 1 aromatic heterocycles. The molecule has 0 saturated heterocycles. The lowest BCUT2D eigenvalue weighted by Gasteiger charge is -2.07. The minimum atomic E-state index is -0.110. The molecule has 18 heavy (non-hydrogen) atoms. The van der Waals surface area contributed by atoms with Crippen LogP contribution in [0.3, 0.4) is 0 Å². The van der Waals surface area contributed by atoms with Crippen molar-refractivity contribution >= 4 is 17.4 Å². The number of benzene rings is 1. The monoisotopic (exact) mass is 261 g/mol. The fourth-order valence-electron chi connectivity index (χ4n) is 1.66. The van der Waals surface area contributed by atoms with E-state index in [-0.39, 0.29) is 5.78 Å². The molecule has 3 nitrogen and oxygen atoms in total. The van der Waals surface area contributed by atoms with Gasteiger partial charge in [-0.25, -0.2) is 0 Å². The highest BCUT2D eigenvalue weighted by atomic mass is 35.5. The minimum Gasteiger partial charge on any atom is -0.495 e. The summed E-state index contributed by atoms with van der Waals surface area (Å²) in [5.41, 5.74) is 1.84. The lowest BCUT2D eigenvalue weighted by atomic mass is 10.0. The second-order valence-corrected chi connectivity index (χ2v) is 4.26. The third-order valence-corrected chi connectivity index (χ3v) is 3.13. The maximum absolute atomic E-state index is 12.3. The van der Waals surface area contributed by atoms with Gasteiger partial charge in [0.05, 0.1) is 13.3 Å². The third kappa shape index (κ3) is 2.36. The molecule has 0 bridgehead atoms. The van der Waals surface area contributed by atoms with Gasteiger partial charge in [0.15, 0.2) is 5.78 Å². The van der Waals surface area contributed by atoms with Gasteiger partial charge in [-0.3, -0.25) is 9.78 Å². The Morgan fingerprint density at radius 2 is 2.11 bits per heavy atom. The first kappa shape index (κ1) is 12.6. The second-order valence-electron chi connectivity index (χ2n) is 3.85. The predicted molar refractivity (Wildman–Crippen MR) is 70.4 cm³/mol. The number of hydrogen-bond acceptors (Lipinski definition) is 3. The van der Waals surface area contributed by atoms with Crippen molar-refractivity contribution in [2.24, 2.45) is 0 Å². The molecule has 0 aliphatic rings. The summed E-state index contributed by atoms with van der Waals surface area (Å²) in [6, 6.07) is 6.94. The molecule has 0 spiro atoms. The molecule has 92 valence electrons. The number of carbonyl (C=O) groups excluding carboxylic acids is 1. The van der Waals surface area contributed by atoms with Crippen LogP contribution in [0.15, 0.2) is 36.7 Å². The molecule has 0 atom stereocenters. The van der Waals surface area contributed by atoms with Gasteiger partial charge in [-0.1, -0.05) is 23.7 Å². The van der Waals surface area contributed by atoms with Crippen LogP contribution in [0.5, 0.6) is 5.75 Å². The average Bonchev–Trinajstić information content (AvgIpc) is 2.41. The van der Waals surface area contributed by atoms with Crippen molar-refractivity contribution in [1.29, 1.82) is 0 Å². The number of methoxy groups -OCH3 is 1. The van der Waals surface area contributed by atoms with Crippen molar-refractivity contribution < 1.29 is 9.53 Å². The van der Waals surface area contributed by atoms with Crippen molar-refractivity contribution in [2.75, 3.05) is 7.11 Å². The first-order valence-corrected chi connectivity index (χ1v) is 5.80. The molecule has 1 aromatic carbocycles. The fraction of sp³-hybridized carbons (Fsp3) is 0.143. The third-order valence-electron chi connectivity index (χ3n) is 2.72. The second kappa shape index (κ2) is 5.19. The van der Waals surface area contributed by atoms with Crippen molar-refractivity contribution in [3.63, 3.8) is 0 Å². The largest absolute Gasteiger partial charge is 0.495 e. The summed E-state index contributed by atoms with van der Waals surface area (Å²) < 4.78 is 5.05. The number of ketones is 1. The minimum absolute atomic E-state index is 0.110. The Morgan fingerprint density at radius 1 is 1.33 bits per heavy atom. The van der Waals surface area contributed by atoms with Crippen LogP contribution in [0, 0.1) is 6.92 Å². The summed E-state index contributed by atoms with van der Waals surface area (Å²) in [6.07, 6.45) is 3.08. The van der Waals surface area contributed by atoms with Gasteiger partial charge in [-0.2, -0.15) is 0 Å². The molecule has 0 N–H and O–H groups in total. The molecule has 0 saturated carbocycles. The predicted octanol–water partition coefficient (Wildman–Crippen LogP) is 3.28. The Hall–Kier alpha value is -1.87. The normalized spacial score (nSPS) is 10.2. The molecule has 4 heteroatoms. The average molecular weight is 262 g/mol. The summed E-state index contributed by atoms with van der Waals surface area (Å²) in [4.78, 5) is 16.3. The van der Waals surface area contributed by atoms with E-state index in [9.17, 15) is 4.79 Å². The Labute approximate surface area is 110 Å². The molecule has 1 heterocycles. The Morgan fingerprint density at radius 3 is 2.83 bits per heavy atom. The highest BCUT2D eigenvalue weighted by Crippen LogP contribution is 2.22. The highest BCUT2D eigenvalue weighted by molar-refractivity contribution is 6.32. The fourth-order valence-corrected chi connectivity index (χ4v) is 1.84. The van der Waals surface area contributed by atoms with E-state index < -0.39 is 0 Å². The van der Waals surface area contributed by atoms with Gasteiger partial charge in [-0.05, 0) is 24.6 Å². The number of ether oxygens (including phenoxy) is 1. The van der Waals surface area contributed by atoms with Crippen molar-refractivity contribution in [3.8, 4) is 5.75 Å². The molecular weight excluding hydrogens is 250 g/mol. The van der Waals surface area contributed by atoms with Gasteiger partial charge in [0, 0.05) is 22.3 Å². The van der Waals surface area contributed by atoms with E-state index in [0.717, 1.165) is 5.56 Å². The molecule has 2 aromatic rings. The molecular formula is C14H12ClNO2. The summed E-state index contributed by atoms with van der Waals surface area (Å²) in [5, 5.41) is 0.580. The molecule has 0 amide bonds. The van der Waals surface area contributed by atoms with E-state index in [1.165, 1.54) is 13.3 Å². The van der Waals surface area contributed by atoms with Crippen molar-refractivity contribution in [2.45, 2.75) is 6.92 Å². The highest BCUT2D eigenvalue weighted by Gasteiger charge is 2.14. The Balaban J connectivity index is 2.44. The van der Waals surface area contributed by atoms with Gasteiger partial charge >= 0.3 is 0 Å². The summed E-state index contributed by atoms with van der Waals surface area (Å²) in [7, 11) is 1.54. The van der Waals surface area contributed by atoms with E-state index in [2.05, 4.69) is 4.98 Å². The van der Waals surface area contributed by atoms with Crippen LogP contribution in [-0.2, 0) is 0 Å². The van der Waals surface area contributed by atoms with Crippen LogP contribution in [0.1, 0.15) is 21.5 Å². The molecule has 0 aliphatic heterocycles. The zero-order valence-electron chi connectivity index (χ0n) is 10.1. The lowest BCUT2D eigenvalue weighted by molar-refractivity contribution is 0.103. The van der Waals surface area contributed by atoms with Gasteiger partial charge in [0.25, 0.3) is 0 Å². The first-order valence-electron chi connectivity index (χ1n) is 5.42. The van der Waals surface area contributed by atoms with Gasteiger partial charge in [-0.15, -0.1) is 0 Å². The van der Waals surface area contributed by atoms with Crippen LogP contribution in [0.25, 0.3) is 0 Å². The Kier molecular flexibility index (Phi) is 3.63. The first-order chi connectivity index (χ1) is 8.63. The van der Waals surface area contributed by atoms with Crippen LogP contribution in [0.2, 0.25) is 5.02 Å². The number of nitrogens with zero attached hydrogens (tertiary/aromatic N) is 1. The van der Waals surface area contributed by atoms with Crippen LogP contribution < -0.4 is 4.74 Å². The van der Waals surface area contributed by atoms with E-state index in [1.807, 2.05) is 6.92 Å². The van der Waals surface area contributed by atoms with E-state index in [1.54, 1.807) is 30.5 Å². The van der Waals surface area contributed by atoms with Crippen LogP contribution >= 0.6 is 11.6 Å². The molecule has 0 aliphatic carbocycles. The number of pyridine rings is 1. The molecule has 2 rings (SSSR count). The van der Waals surface area contributed by atoms with E-state index in [4.69, 9.17) is 16.3 Å². The number of rotatable bonds is 3. The van der Waals surface area contributed by atoms with Gasteiger partial charge in [0.2, 0.25) is 0 Å². The zero-order chi connectivity index (χ0) is 13.1. The summed E-state index contributed by atoms with van der Waals surface area (Å²) in [6.45, 7) is 1.82. The maximum atomic E-state index is 12.3. The number of aromatic nitrogens is 1. The quantitative estimate of drug-likeness (QED) is 0.796. The van der Waals surface area contributed by atoms with Gasteiger partial charge < -0.3 is 4.74 Å². The summed E-state index contributed by atoms with van der Waals surface area (Å²) >= 11 is 6.01. The molecule has 0 radical (unpaired) electrons. The van der Waals surface area contributed by atoms with Crippen molar-refractivity contribution in [1.82, 2.24) is 4.98 Å². The van der Waals surface area contributed by atoms with Crippen LogP contribution in [-0.4, -0.2) is 17.9 Å². The SMILES string of the molecule is COc1cncc(C(=O)c2cccc(Cl)c2C)c1. The summed E-state index contributed by atoms with van der Waals surface area (Å²) in [5.74, 6) is 0.446. The lowest BCUT2D eigenvalue weighted by Crippen LogP contribution is -2.04. The van der Waals surface area contributed by atoms with Gasteiger partial charge in [0.1, 0.15) is 5.75 Å². The zero-order valence-corrected chi connectivity index (χ0v) is 10.9. The van der Waals surface area contributed by atoms with E-state index in [0.29, 0.717) is 21.9 Å². The number of halogens is 1.